The van der Waals surface area contributed by atoms with Crippen molar-refractivity contribution in [1.82, 2.24) is 15.5 Å². The lowest BCUT2D eigenvalue weighted by atomic mass is 10.0. The number of guanidine groups is 1. The fraction of sp³-hybridized carbons (Fsp3) is 0.737. The molecule has 0 aliphatic carbocycles. The zero-order valence-corrected chi connectivity index (χ0v) is 15.7. The van der Waals surface area contributed by atoms with Gasteiger partial charge in [-0.3, -0.25) is 4.99 Å². The highest BCUT2D eigenvalue weighted by Crippen LogP contribution is 2.13. The summed E-state index contributed by atoms with van der Waals surface area (Å²) >= 11 is 0. The molecule has 1 atom stereocenters. The van der Waals surface area contributed by atoms with Crippen LogP contribution < -0.4 is 10.6 Å². The molecule has 1 saturated heterocycles. The van der Waals surface area contributed by atoms with Crippen LogP contribution in [-0.4, -0.2) is 48.6 Å². The Hall–Kier alpha value is -1.49. The Morgan fingerprint density at radius 1 is 1.33 bits per heavy atom. The molecule has 0 aromatic carbocycles. The van der Waals surface area contributed by atoms with E-state index in [4.69, 9.17) is 9.41 Å². The molecule has 136 valence electrons. The molecular weight excluding hydrogens is 300 g/mol. The van der Waals surface area contributed by atoms with E-state index in [1.807, 2.05) is 12.1 Å². The Labute approximate surface area is 146 Å². The van der Waals surface area contributed by atoms with Crippen LogP contribution in [0.4, 0.5) is 0 Å². The first-order chi connectivity index (χ1) is 11.6. The zero-order valence-electron chi connectivity index (χ0n) is 15.7. The van der Waals surface area contributed by atoms with Gasteiger partial charge in [0.2, 0.25) is 0 Å². The average Bonchev–Trinajstić information content (AvgIpc) is 3.08. The van der Waals surface area contributed by atoms with Gasteiger partial charge >= 0.3 is 0 Å². The maximum Gasteiger partial charge on any atom is 0.191 e. The van der Waals surface area contributed by atoms with Crippen LogP contribution in [0.2, 0.25) is 0 Å². The number of nitrogens with one attached hydrogen (secondary N) is 2. The summed E-state index contributed by atoms with van der Waals surface area (Å²) in [4.78, 5) is 7.31. The van der Waals surface area contributed by atoms with Crippen LogP contribution in [0.3, 0.4) is 0 Å². The van der Waals surface area contributed by atoms with Gasteiger partial charge in [0.05, 0.1) is 6.26 Å². The van der Waals surface area contributed by atoms with Crippen LogP contribution in [0.15, 0.2) is 27.8 Å². The number of hydrogen-bond donors (Lipinski definition) is 2. The maximum absolute atomic E-state index is 5.39. The van der Waals surface area contributed by atoms with Gasteiger partial charge < -0.3 is 20.0 Å². The lowest BCUT2D eigenvalue weighted by Gasteiger charge is -2.35. The van der Waals surface area contributed by atoms with Crippen molar-refractivity contribution in [2.75, 3.05) is 19.6 Å². The van der Waals surface area contributed by atoms with Gasteiger partial charge in [-0.2, -0.15) is 0 Å². The van der Waals surface area contributed by atoms with E-state index in [1.165, 1.54) is 25.9 Å². The van der Waals surface area contributed by atoms with Gasteiger partial charge in [-0.1, -0.05) is 6.92 Å². The Morgan fingerprint density at radius 2 is 2.08 bits per heavy atom. The molecule has 5 heteroatoms. The van der Waals surface area contributed by atoms with Crippen LogP contribution in [-0.2, 0) is 6.42 Å². The molecule has 1 aliphatic heterocycles. The highest BCUT2D eigenvalue weighted by atomic mass is 16.3. The predicted octanol–water partition coefficient (Wildman–Crippen LogP) is 3.03. The highest BCUT2D eigenvalue weighted by Gasteiger charge is 2.21. The molecule has 0 bridgehead atoms. The molecule has 1 unspecified atom stereocenters. The fourth-order valence-electron chi connectivity index (χ4n) is 2.95. The van der Waals surface area contributed by atoms with Crippen LogP contribution >= 0.6 is 0 Å². The van der Waals surface area contributed by atoms with Crippen molar-refractivity contribution in [2.24, 2.45) is 4.99 Å². The number of likely N-dealkylation sites (tertiary alicyclic amines) is 1. The van der Waals surface area contributed by atoms with Crippen molar-refractivity contribution >= 4 is 5.96 Å². The van der Waals surface area contributed by atoms with Crippen molar-refractivity contribution in [1.29, 1.82) is 0 Å². The minimum absolute atomic E-state index is 0.426. The highest BCUT2D eigenvalue weighted by molar-refractivity contribution is 5.80. The standard InChI is InChI=1S/C19H34N4O/c1-5-16(4)21-19(20-11-8-18-7-6-14-24-18)22-17-9-12-23(13-10-17)15(2)3/h6-7,14-17H,5,8-13H2,1-4H3,(H2,20,21,22). The summed E-state index contributed by atoms with van der Waals surface area (Å²) in [5.41, 5.74) is 0. The lowest BCUT2D eigenvalue weighted by molar-refractivity contribution is 0.167. The van der Waals surface area contributed by atoms with E-state index in [0.29, 0.717) is 18.1 Å². The van der Waals surface area contributed by atoms with Gasteiger partial charge in [-0.15, -0.1) is 0 Å². The Morgan fingerprint density at radius 3 is 2.67 bits per heavy atom. The number of piperidine rings is 1. The second kappa shape index (κ2) is 9.72. The summed E-state index contributed by atoms with van der Waals surface area (Å²) in [5, 5.41) is 7.17. The predicted molar refractivity (Wildman–Crippen MR) is 100 cm³/mol. The smallest absolute Gasteiger partial charge is 0.191 e. The first kappa shape index (κ1) is 18.8. The van der Waals surface area contributed by atoms with Crippen LogP contribution in [0, 0.1) is 0 Å². The quantitative estimate of drug-likeness (QED) is 0.594. The van der Waals surface area contributed by atoms with Crippen molar-refractivity contribution in [3.05, 3.63) is 24.2 Å². The van der Waals surface area contributed by atoms with Crippen molar-refractivity contribution < 1.29 is 4.42 Å². The Bertz CT molecular complexity index is 476. The summed E-state index contributed by atoms with van der Waals surface area (Å²) in [6.45, 7) is 12.0. The number of aliphatic imine (C=N–C) groups is 1. The van der Waals surface area contributed by atoms with E-state index in [9.17, 15) is 0 Å². The number of furan rings is 1. The molecule has 2 heterocycles. The number of hydrogen-bond acceptors (Lipinski definition) is 3. The second-order valence-electron chi connectivity index (χ2n) is 7.06. The molecule has 1 aromatic heterocycles. The van der Waals surface area contributed by atoms with E-state index in [-0.39, 0.29) is 0 Å². The monoisotopic (exact) mass is 334 g/mol. The average molecular weight is 335 g/mol. The van der Waals surface area contributed by atoms with Crippen molar-refractivity contribution in [2.45, 2.75) is 71.5 Å². The first-order valence-corrected chi connectivity index (χ1v) is 9.42. The molecule has 5 nitrogen and oxygen atoms in total. The van der Waals surface area contributed by atoms with Crippen molar-refractivity contribution in [3.8, 4) is 0 Å². The molecular formula is C19H34N4O. The summed E-state index contributed by atoms with van der Waals surface area (Å²) in [7, 11) is 0. The lowest BCUT2D eigenvalue weighted by Crippen LogP contribution is -2.51. The Kier molecular flexibility index (Phi) is 7.63. The molecule has 0 spiro atoms. The van der Waals surface area contributed by atoms with E-state index in [0.717, 1.165) is 31.1 Å². The SMILES string of the molecule is CCC(C)NC(=NCCc1ccco1)NC1CCN(C(C)C)CC1. The van der Waals surface area contributed by atoms with Gasteiger partial charge in [0.25, 0.3) is 0 Å². The third kappa shape index (κ3) is 6.19. The minimum Gasteiger partial charge on any atom is -0.469 e. The van der Waals surface area contributed by atoms with E-state index in [1.54, 1.807) is 6.26 Å². The molecule has 2 rings (SSSR count). The van der Waals surface area contributed by atoms with Gasteiger partial charge in [0.15, 0.2) is 5.96 Å². The maximum atomic E-state index is 5.39. The molecule has 0 saturated carbocycles. The second-order valence-corrected chi connectivity index (χ2v) is 7.06. The van der Waals surface area contributed by atoms with Crippen LogP contribution in [0.1, 0.15) is 52.7 Å². The van der Waals surface area contributed by atoms with Crippen LogP contribution in [0.5, 0.6) is 0 Å². The molecule has 0 amide bonds. The summed E-state index contributed by atoms with van der Waals surface area (Å²) in [6, 6.07) is 5.52. The zero-order chi connectivity index (χ0) is 17.4. The third-order valence-electron chi connectivity index (χ3n) is 4.80. The molecule has 1 aliphatic rings. The fourth-order valence-corrected chi connectivity index (χ4v) is 2.95. The van der Waals surface area contributed by atoms with Gasteiger partial charge in [0.1, 0.15) is 5.76 Å². The summed E-state index contributed by atoms with van der Waals surface area (Å²) in [6.07, 6.45) is 6.00. The molecule has 2 N–H and O–H groups in total. The van der Waals surface area contributed by atoms with Gasteiger partial charge in [0, 0.05) is 44.2 Å². The van der Waals surface area contributed by atoms with Crippen LogP contribution in [0.25, 0.3) is 0 Å². The third-order valence-corrected chi connectivity index (χ3v) is 4.80. The number of rotatable bonds is 7. The molecule has 1 aromatic rings. The summed E-state index contributed by atoms with van der Waals surface area (Å²) < 4.78 is 5.39. The van der Waals surface area contributed by atoms with E-state index in [2.05, 4.69) is 43.2 Å². The summed E-state index contributed by atoms with van der Waals surface area (Å²) in [5.74, 6) is 1.94. The topological polar surface area (TPSA) is 52.8 Å². The molecule has 1 fully saturated rings. The van der Waals surface area contributed by atoms with Gasteiger partial charge in [-0.05, 0) is 52.2 Å². The molecule has 0 radical (unpaired) electrons. The molecule has 24 heavy (non-hydrogen) atoms. The normalized spacial score (nSPS) is 18.8. The number of nitrogens with zero attached hydrogens (tertiary/aromatic N) is 2. The van der Waals surface area contributed by atoms with Gasteiger partial charge in [-0.25, -0.2) is 0 Å². The largest absolute Gasteiger partial charge is 0.469 e. The van der Waals surface area contributed by atoms with E-state index < -0.39 is 0 Å². The Balaban J connectivity index is 1.86. The van der Waals surface area contributed by atoms with Crippen molar-refractivity contribution in [3.63, 3.8) is 0 Å². The first-order valence-electron chi connectivity index (χ1n) is 9.42. The minimum atomic E-state index is 0.426. The van der Waals surface area contributed by atoms with E-state index >= 15 is 0 Å².